The smallest absolute Gasteiger partial charge is 0.244 e. The molecule has 0 unspecified atom stereocenters. The van der Waals surface area contributed by atoms with Crippen LogP contribution in [0.4, 0.5) is 0 Å². The van der Waals surface area contributed by atoms with Gasteiger partial charge in [0.15, 0.2) is 11.5 Å². The van der Waals surface area contributed by atoms with Crippen molar-refractivity contribution in [2.24, 2.45) is 0 Å². The van der Waals surface area contributed by atoms with E-state index in [1.165, 1.54) is 11.6 Å². The summed E-state index contributed by atoms with van der Waals surface area (Å²) in [5.74, 6) is 1.45. The van der Waals surface area contributed by atoms with Crippen LogP contribution in [-0.2, 0) is 11.3 Å². The number of hydrogen-bond acceptors (Lipinski definition) is 4. The summed E-state index contributed by atoms with van der Waals surface area (Å²) < 4.78 is 16.0. The largest absolute Gasteiger partial charge is 0.493 e. The molecular weight excluding hydrogens is 318 g/mol. The first-order chi connectivity index (χ1) is 12.1. The second-order valence-electron chi connectivity index (χ2n) is 5.46. The van der Waals surface area contributed by atoms with Gasteiger partial charge in [-0.25, -0.2) is 0 Å². The third-order valence-electron chi connectivity index (χ3n) is 3.74. The third kappa shape index (κ3) is 4.76. The minimum Gasteiger partial charge on any atom is -0.493 e. The van der Waals surface area contributed by atoms with E-state index in [0.717, 1.165) is 11.1 Å². The molecular formula is C20H23NO4. The SMILES string of the molecule is COc1ccc(CNC(=O)/C=C/c2ccc(C)cc2)c(OC)c1OC. The van der Waals surface area contributed by atoms with Gasteiger partial charge >= 0.3 is 0 Å². The third-order valence-corrected chi connectivity index (χ3v) is 3.74. The molecule has 0 radical (unpaired) electrons. The molecule has 1 N–H and O–H groups in total. The van der Waals surface area contributed by atoms with Gasteiger partial charge in [0.2, 0.25) is 11.7 Å². The van der Waals surface area contributed by atoms with Gasteiger partial charge in [0.25, 0.3) is 0 Å². The Hall–Kier alpha value is -2.95. The van der Waals surface area contributed by atoms with E-state index < -0.39 is 0 Å². The fourth-order valence-corrected chi connectivity index (χ4v) is 2.39. The van der Waals surface area contributed by atoms with E-state index in [4.69, 9.17) is 14.2 Å². The zero-order chi connectivity index (χ0) is 18.2. The number of nitrogens with one attached hydrogen (secondary N) is 1. The molecule has 25 heavy (non-hydrogen) atoms. The summed E-state index contributed by atoms with van der Waals surface area (Å²) in [6, 6.07) is 11.6. The van der Waals surface area contributed by atoms with Gasteiger partial charge in [-0.1, -0.05) is 29.8 Å². The molecule has 2 aromatic rings. The van der Waals surface area contributed by atoms with Crippen LogP contribution in [0.15, 0.2) is 42.5 Å². The molecule has 0 saturated carbocycles. The maximum Gasteiger partial charge on any atom is 0.244 e. The van der Waals surface area contributed by atoms with Crippen LogP contribution in [0.1, 0.15) is 16.7 Å². The highest BCUT2D eigenvalue weighted by Crippen LogP contribution is 2.39. The summed E-state index contributed by atoms with van der Waals surface area (Å²) in [5, 5.41) is 2.84. The van der Waals surface area contributed by atoms with Crippen LogP contribution in [-0.4, -0.2) is 27.2 Å². The predicted molar refractivity (Wildman–Crippen MR) is 98.2 cm³/mol. The maximum atomic E-state index is 12.0. The summed E-state index contributed by atoms with van der Waals surface area (Å²) in [5.41, 5.74) is 2.96. The lowest BCUT2D eigenvalue weighted by Gasteiger charge is -2.15. The van der Waals surface area contributed by atoms with E-state index in [9.17, 15) is 4.79 Å². The number of carbonyl (C=O) groups is 1. The van der Waals surface area contributed by atoms with Crippen molar-refractivity contribution in [3.8, 4) is 17.2 Å². The van der Waals surface area contributed by atoms with Crippen molar-refractivity contribution in [3.05, 3.63) is 59.2 Å². The summed E-state index contributed by atoms with van der Waals surface area (Å²) >= 11 is 0. The minimum absolute atomic E-state index is 0.183. The molecule has 0 atom stereocenters. The molecule has 2 rings (SSSR count). The van der Waals surface area contributed by atoms with Crippen molar-refractivity contribution >= 4 is 12.0 Å². The highest BCUT2D eigenvalue weighted by Gasteiger charge is 2.15. The Morgan fingerprint density at radius 2 is 1.64 bits per heavy atom. The van der Waals surface area contributed by atoms with Crippen LogP contribution in [0, 0.1) is 6.92 Å². The first kappa shape index (κ1) is 18.4. The van der Waals surface area contributed by atoms with Crippen LogP contribution in [0.3, 0.4) is 0 Å². The Balaban J connectivity index is 2.05. The minimum atomic E-state index is -0.183. The van der Waals surface area contributed by atoms with E-state index in [-0.39, 0.29) is 5.91 Å². The molecule has 0 spiro atoms. The topological polar surface area (TPSA) is 56.8 Å². The maximum absolute atomic E-state index is 12.0. The van der Waals surface area contributed by atoms with Gasteiger partial charge in [0.1, 0.15) is 0 Å². The summed E-state index contributed by atoms with van der Waals surface area (Å²) in [6.45, 7) is 2.34. The van der Waals surface area contributed by atoms with Crippen molar-refractivity contribution in [3.63, 3.8) is 0 Å². The molecule has 5 heteroatoms. The number of aryl methyl sites for hydroxylation is 1. The number of carbonyl (C=O) groups excluding carboxylic acids is 1. The van der Waals surface area contributed by atoms with Crippen LogP contribution >= 0.6 is 0 Å². The molecule has 2 aromatic carbocycles. The average Bonchev–Trinajstić information content (AvgIpc) is 2.64. The molecule has 0 aliphatic carbocycles. The number of methoxy groups -OCH3 is 3. The summed E-state index contributed by atoms with van der Waals surface area (Å²) in [7, 11) is 4.67. The van der Waals surface area contributed by atoms with Gasteiger partial charge in [-0.15, -0.1) is 0 Å². The summed E-state index contributed by atoms with van der Waals surface area (Å²) in [4.78, 5) is 12.0. The normalized spacial score (nSPS) is 10.6. The Bertz CT molecular complexity index is 751. The van der Waals surface area contributed by atoms with Gasteiger partial charge in [0.05, 0.1) is 21.3 Å². The number of benzene rings is 2. The Morgan fingerprint density at radius 1 is 0.960 bits per heavy atom. The van der Waals surface area contributed by atoms with E-state index in [0.29, 0.717) is 23.8 Å². The van der Waals surface area contributed by atoms with Gasteiger partial charge in [-0.3, -0.25) is 4.79 Å². The molecule has 1 amide bonds. The number of ether oxygens (including phenoxy) is 3. The predicted octanol–water partition coefficient (Wildman–Crippen LogP) is 3.35. The lowest BCUT2D eigenvalue weighted by molar-refractivity contribution is -0.116. The lowest BCUT2D eigenvalue weighted by Crippen LogP contribution is -2.20. The first-order valence-corrected chi connectivity index (χ1v) is 7.89. The highest BCUT2D eigenvalue weighted by molar-refractivity contribution is 5.91. The molecule has 0 aromatic heterocycles. The molecule has 0 aliphatic rings. The monoisotopic (exact) mass is 341 g/mol. The van der Waals surface area contributed by atoms with Crippen molar-refractivity contribution in [1.29, 1.82) is 0 Å². The van der Waals surface area contributed by atoms with Crippen LogP contribution < -0.4 is 19.5 Å². The number of rotatable bonds is 7. The summed E-state index contributed by atoms with van der Waals surface area (Å²) in [6.07, 6.45) is 3.29. The van der Waals surface area contributed by atoms with Crippen LogP contribution in [0.5, 0.6) is 17.2 Å². The Morgan fingerprint density at radius 3 is 2.24 bits per heavy atom. The second kappa shape index (κ2) is 8.78. The van der Waals surface area contributed by atoms with Gasteiger partial charge in [0, 0.05) is 18.2 Å². The number of amides is 1. The standard InChI is InChI=1S/C20H23NO4/c1-14-5-7-15(8-6-14)9-12-18(22)21-13-16-10-11-17(23-2)20(25-4)19(16)24-3/h5-12H,13H2,1-4H3,(H,21,22)/b12-9+. The highest BCUT2D eigenvalue weighted by atomic mass is 16.5. The van der Waals surface area contributed by atoms with Gasteiger partial charge in [-0.05, 0) is 30.7 Å². The van der Waals surface area contributed by atoms with Crippen molar-refractivity contribution < 1.29 is 19.0 Å². The zero-order valence-electron chi connectivity index (χ0n) is 15.0. The fourth-order valence-electron chi connectivity index (χ4n) is 2.39. The quantitative estimate of drug-likeness (QED) is 0.785. The van der Waals surface area contributed by atoms with E-state index in [1.54, 1.807) is 33.5 Å². The second-order valence-corrected chi connectivity index (χ2v) is 5.46. The lowest BCUT2D eigenvalue weighted by atomic mass is 10.1. The van der Waals surface area contributed by atoms with E-state index in [1.807, 2.05) is 37.3 Å². The fraction of sp³-hybridized carbons (Fsp3) is 0.250. The average molecular weight is 341 g/mol. The van der Waals surface area contributed by atoms with Gasteiger partial charge < -0.3 is 19.5 Å². The van der Waals surface area contributed by atoms with E-state index >= 15 is 0 Å². The molecule has 5 nitrogen and oxygen atoms in total. The Kier molecular flexibility index (Phi) is 6.46. The first-order valence-electron chi connectivity index (χ1n) is 7.89. The Labute approximate surface area is 148 Å². The zero-order valence-corrected chi connectivity index (χ0v) is 15.0. The molecule has 0 saturated heterocycles. The van der Waals surface area contributed by atoms with Crippen molar-refractivity contribution in [2.75, 3.05) is 21.3 Å². The van der Waals surface area contributed by atoms with E-state index in [2.05, 4.69) is 5.32 Å². The van der Waals surface area contributed by atoms with Crippen molar-refractivity contribution in [1.82, 2.24) is 5.32 Å². The molecule has 132 valence electrons. The van der Waals surface area contributed by atoms with Crippen LogP contribution in [0.25, 0.3) is 6.08 Å². The van der Waals surface area contributed by atoms with Gasteiger partial charge in [-0.2, -0.15) is 0 Å². The van der Waals surface area contributed by atoms with Crippen LogP contribution in [0.2, 0.25) is 0 Å². The molecule has 0 heterocycles. The van der Waals surface area contributed by atoms with Crippen molar-refractivity contribution in [2.45, 2.75) is 13.5 Å². The number of hydrogen-bond donors (Lipinski definition) is 1. The molecule has 0 fully saturated rings. The molecule has 0 bridgehead atoms. The molecule has 0 aliphatic heterocycles.